The van der Waals surface area contributed by atoms with Gasteiger partial charge >= 0.3 is 0 Å². The molecule has 0 atom stereocenters. The van der Waals surface area contributed by atoms with Crippen molar-refractivity contribution in [2.75, 3.05) is 20.3 Å². The van der Waals surface area contributed by atoms with Gasteiger partial charge in [0.2, 0.25) is 10.0 Å². The van der Waals surface area contributed by atoms with Gasteiger partial charge < -0.3 is 9.84 Å². The van der Waals surface area contributed by atoms with Crippen LogP contribution in [0.2, 0.25) is 0 Å². The first-order valence-electron chi connectivity index (χ1n) is 7.09. The summed E-state index contributed by atoms with van der Waals surface area (Å²) in [6, 6.07) is 5.02. The third kappa shape index (κ3) is 4.18. The number of aliphatic hydroxyl groups excluding tert-OH is 1. The second kappa shape index (κ2) is 7.24. The fourth-order valence-electron chi connectivity index (χ4n) is 2.10. The minimum Gasteiger partial charge on any atom is -0.495 e. The van der Waals surface area contributed by atoms with E-state index < -0.39 is 15.4 Å². The van der Waals surface area contributed by atoms with Gasteiger partial charge in [0.1, 0.15) is 10.6 Å². The molecule has 0 spiro atoms. The molecule has 0 fully saturated rings. The van der Waals surface area contributed by atoms with E-state index in [2.05, 4.69) is 4.72 Å². The maximum Gasteiger partial charge on any atom is 0.244 e. The summed E-state index contributed by atoms with van der Waals surface area (Å²) < 4.78 is 32.7. The summed E-state index contributed by atoms with van der Waals surface area (Å²) in [4.78, 5) is 0.129. The van der Waals surface area contributed by atoms with E-state index in [4.69, 9.17) is 4.74 Å². The molecule has 1 aromatic rings. The van der Waals surface area contributed by atoms with Crippen molar-refractivity contribution in [3.8, 4) is 5.75 Å². The lowest BCUT2D eigenvalue weighted by Crippen LogP contribution is -2.39. The predicted molar refractivity (Wildman–Crippen MR) is 83.0 cm³/mol. The molecule has 0 heterocycles. The van der Waals surface area contributed by atoms with E-state index in [9.17, 15) is 13.5 Å². The number of sulfonamides is 1. The van der Waals surface area contributed by atoms with E-state index in [0.717, 1.165) is 5.56 Å². The lowest BCUT2D eigenvalue weighted by Gasteiger charge is -2.29. The summed E-state index contributed by atoms with van der Waals surface area (Å²) in [5.41, 5.74) is 0.417. The third-order valence-electron chi connectivity index (χ3n) is 4.08. The highest BCUT2D eigenvalue weighted by Crippen LogP contribution is 2.28. The smallest absolute Gasteiger partial charge is 0.244 e. The summed E-state index contributed by atoms with van der Waals surface area (Å²) in [7, 11) is -2.23. The summed E-state index contributed by atoms with van der Waals surface area (Å²) >= 11 is 0. The van der Waals surface area contributed by atoms with E-state index in [1.54, 1.807) is 18.2 Å². The molecular weight excluding hydrogens is 290 g/mol. The van der Waals surface area contributed by atoms with Gasteiger partial charge in [-0.3, -0.25) is 0 Å². The molecule has 0 unspecified atom stereocenters. The molecule has 5 nitrogen and oxygen atoms in total. The Morgan fingerprint density at radius 2 is 1.90 bits per heavy atom. The quantitative estimate of drug-likeness (QED) is 0.770. The van der Waals surface area contributed by atoms with Gasteiger partial charge in [0, 0.05) is 18.6 Å². The second-order valence-corrected chi connectivity index (χ2v) is 7.08. The number of hydrogen-bond acceptors (Lipinski definition) is 4. The summed E-state index contributed by atoms with van der Waals surface area (Å²) in [6.07, 6.45) is 1.40. The van der Waals surface area contributed by atoms with Crippen LogP contribution in [0, 0.1) is 12.3 Å². The molecule has 0 aliphatic carbocycles. The number of nitrogens with one attached hydrogen (secondary N) is 1. The number of aliphatic hydroxyl groups is 1. The Morgan fingerprint density at radius 3 is 2.38 bits per heavy atom. The van der Waals surface area contributed by atoms with Crippen LogP contribution in [0.3, 0.4) is 0 Å². The van der Waals surface area contributed by atoms with Crippen LogP contribution in [-0.2, 0) is 10.0 Å². The fourth-order valence-corrected chi connectivity index (χ4v) is 3.51. The zero-order chi connectivity index (χ0) is 16.1. The molecule has 0 saturated heterocycles. The first kappa shape index (κ1) is 17.9. The molecule has 0 bridgehead atoms. The van der Waals surface area contributed by atoms with Crippen molar-refractivity contribution in [1.82, 2.24) is 4.72 Å². The lowest BCUT2D eigenvalue weighted by atomic mass is 9.84. The van der Waals surface area contributed by atoms with Crippen LogP contribution in [0.25, 0.3) is 0 Å². The Bertz CT molecular complexity index is 557. The molecule has 0 aromatic heterocycles. The SMILES string of the molecule is CCC(CC)(CO)CNS(=O)(=O)c1cc(C)ccc1OC. The number of methoxy groups -OCH3 is 1. The summed E-state index contributed by atoms with van der Waals surface area (Å²) in [6.45, 7) is 5.88. The van der Waals surface area contributed by atoms with E-state index in [0.29, 0.717) is 18.6 Å². The highest BCUT2D eigenvalue weighted by molar-refractivity contribution is 7.89. The summed E-state index contributed by atoms with van der Waals surface area (Å²) in [5, 5.41) is 9.53. The molecule has 0 aliphatic rings. The summed E-state index contributed by atoms with van der Waals surface area (Å²) in [5.74, 6) is 0.315. The molecule has 0 aliphatic heterocycles. The highest BCUT2D eigenvalue weighted by atomic mass is 32.2. The minimum atomic E-state index is -3.68. The predicted octanol–water partition coefficient (Wildman–Crippen LogP) is 2.08. The minimum absolute atomic E-state index is 0.0481. The van der Waals surface area contributed by atoms with Crippen molar-refractivity contribution in [3.05, 3.63) is 23.8 Å². The van der Waals surface area contributed by atoms with Gasteiger partial charge in [-0.05, 0) is 37.5 Å². The van der Waals surface area contributed by atoms with Crippen molar-refractivity contribution < 1.29 is 18.3 Å². The maximum absolute atomic E-state index is 12.5. The Morgan fingerprint density at radius 1 is 1.29 bits per heavy atom. The number of benzene rings is 1. The van der Waals surface area contributed by atoms with Gasteiger partial charge in [-0.25, -0.2) is 13.1 Å². The van der Waals surface area contributed by atoms with Gasteiger partial charge in [-0.2, -0.15) is 0 Å². The number of aryl methyl sites for hydroxylation is 1. The van der Waals surface area contributed by atoms with E-state index in [-0.39, 0.29) is 18.0 Å². The highest BCUT2D eigenvalue weighted by Gasteiger charge is 2.29. The van der Waals surface area contributed by atoms with E-state index in [1.807, 2.05) is 20.8 Å². The van der Waals surface area contributed by atoms with Gasteiger partial charge in [-0.15, -0.1) is 0 Å². The first-order chi connectivity index (χ1) is 9.84. The Labute approximate surface area is 127 Å². The van der Waals surface area contributed by atoms with Crippen LogP contribution in [-0.4, -0.2) is 33.8 Å². The molecule has 6 heteroatoms. The average molecular weight is 315 g/mol. The monoisotopic (exact) mass is 315 g/mol. The Balaban J connectivity index is 3.05. The van der Waals surface area contributed by atoms with Crippen LogP contribution in [0.4, 0.5) is 0 Å². The van der Waals surface area contributed by atoms with E-state index >= 15 is 0 Å². The first-order valence-corrected chi connectivity index (χ1v) is 8.57. The Kier molecular flexibility index (Phi) is 6.19. The maximum atomic E-state index is 12.5. The Hall–Kier alpha value is -1.11. The normalized spacial score (nSPS) is 12.4. The molecule has 120 valence electrons. The van der Waals surface area contributed by atoms with Gasteiger partial charge in [-0.1, -0.05) is 19.9 Å². The van der Waals surface area contributed by atoms with Crippen molar-refractivity contribution in [2.24, 2.45) is 5.41 Å². The van der Waals surface area contributed by atoms with E-state index in [1.165, 1.54) is 7.11 Å². The molecule has 0 radical (unpaired) electrons. The van der Waals surface area contributed by atoms with Crippen LogP contribution in [0.15, 0.2) is 23.1 Å². The van der Waals surface area contributed by atoms with Crippen LogP contribution in [0.1, 0.15) is 32.3 Å². The zero-order valence-corrected chi connectivity index (χ0v) is 14.0. The van der Waals surface area contributed by atoms with Crippen molar-refractivity contribution in [1.29, 1.82) is 0 Å². The molecule has 0 amide bonds. The molecule has 2 N–H and O–H groups in total. The molecule has 0 saturated carbocycles. The topological polar surface area (TPSA) is 75.6 Å². The van der Waals surface area contributed by atoms with Gasteiger partial charge in [0.15, 0.2) is 0 Å². The largest absolute Gasteiger partial charge is 0.495 e. The zero-order valence-electron chi connectivity index (χ0n) is 13.1. The van der Waals surface area contributed by atoms with Gasteiger partial charge in [0.05, 0.1) is 7.11 Å². The molecule has 21 heavy (non-hydrogen) atoms. The fraction of sp³-hybridized carbons (Fsp3) is 0.600. The average Bonchev–Trinajstić information content (AvgIpc) is 2.49. The van der Waals surface area contributed by atoms with Crippen molar-refractivity contribution in [3.63, 3.8) is 0 Å². The van der Waals surface area contributed by atoms with Crippen LogP contribution < -0.4 is 9.46 Å². The molecule has 1 aromatic carbocycles. The van der Waals surface area contributed by atoms with Gasteiger partial charge in [0.25, 0.3) is 0 Å². The standard InChI is InChI=1S/C15H25NO4S/c1-5-15(6-2,11-17)10-16-21(18,19)14-9-12(3)7-8-13(14)20-4/h7-9,16-17H,5-6,10-11H2,1-4H3. The van der Waals surface area contributed by atoms with Crippen molar-refractivity contribution in [2.45, 2.75) is 38.5 Å². The third-order valence-corrected chi connectivity index (χ3v) is 5.50. The number of hydrogen-bond donors (Lipinski definition) is 2. The molecular formula is C15H25NO4S. The second-order valence-electron chi connectivity index (χ2n) is 5.34. The van der Waals surface area contributed by atoms with Crippen molar-refractivity contribution >= 4 is 10.0 Å². The van der Waals surface area contributed by atoms with Crippen LogP contribution >= 0.6 is 0 Å². The lowest BCUT2D eigenvalue weighted by molar-refractivity contribution is 0.119. The number of ether oxygens (including phenoxy) is 1. The van der Waals surface area contributed by atoms with Crippen LogP contribution in [0.5, 0.6) is 5.75 Å². The number of rotatable bonds is 8. The molecule has 1 rings (SSSR count).